The molecule has 20 heavy (non-hydrogen) atoms. The average Bonchev–Trinajstić information content (AvgIpc) is 2.45. The summed E-state index contributed by atoms with van der Waals surface area (Å²) in [4.78, 5) is 15.9. The molecule has 3 N–H and O–H groups in total. The standard InChI is InChI=1S/C13H13N3O3S/c14-20(18,19)12-6-3-4-10(8-12)13(17)16-9-11-5-1-2-7-15-11/h1-8H,9H2,(H,16,17)(H2,14,18,19). The van der Waals surface area contributed by atoms with Gasteiger partial charge < -0.3 is 5.32 Å². The largest absolute Gasteiger partial charge is 0.346 e. The maximum absolute atomic E-state index is 11.9. The fourth-order valence-corrected chi connectivity index (χ4v) is 2.15. The first-order chi connectivity index (χ1) is 9.47. The van der Waals surface area contributed by atoms with Gasteiger partial charge in [-0.25, -0.2) is 13.6 Å². The van der Waals surface area contributed by atoms with Crippen LogP contribution in [0.3, 0.4) is 0 Å². The molecule has 0 spiro atoms. The molecule has 0 bridgehead atoms. The molecule has 1 amide bonds. The third-order valence-corrected chi connectivity index (χ3v) is 3.49. The number of nitrogens with one attached hydrogen (secondary N) is 1. The Kier molecular flexibility index (Phi) is 4.11. The number of rotatable bonds is 4. The van der Waals surface area contributed by atoms with Gasteiger partial charge in [0, 0.05) is 11.8 Å². The van der Waals surface area contributed by atoms with Gasteiger partial charge in [0.25, 0.3) is 5.91 Å². The molecule has 0 fully saturated rings. The molecule has 0 atom stereocenters. The number of hydrogen-bond acceptors (Lipinski definition) is 4. The Morgan fingerprint density at radius 3 is 2.65 bits per heavy atom. The lowest BCUT2D eigenvalue weighted by atomic mass is 10.2. The molecule has 2 aromatic rings. The molecule has 0 saturated carbocycles. The van der Waals surface area contributed by atoms with E-state index < -0.39 is 10.0 Å². The van der Waals surface area contributed by atoms with Crippen LogP contribution in [0.15, 0.2) is 53.6 Å². The minimum atomic E-state index is -3.82. The van der Waals surface area contributed by atoms with E-state index in [4.69, 9.17) is 5.14 Å². The number of benzene rings is 1. The second-order valence-corrected chi connectivity index (χ2v) is 5.64. The highest BCUT2D eigenvalue weighted by Gasteiger charge is 2.11. The summed E-state index contributed by atoms with van der Waals surface area (Å²) in [5.41, 5.74) is 0.941. The highest BCUT2D eigenvalue weighted by atomic mass is 32.2. The van der Waals surface area contributed by atoms with E-state index in [0.717, 1.165) is 0 Å². The number of hydrogen-bond donors (Lipinski definition) is 2. The van der Waals surface area contributed by atoms with Gasteiger partial charge in [-0.05, 0) is 30.3 Å². The van der Waals surface area contributed by atoms with Crippen LogP contribution in [0.5, 0.6) is 0 Å². The zero-order valence-corrected chi connectivity index (χ0v) is 11.3. The van der Waals surface area contributed by atoms with Gasteiger partial charge in [-0.2, -0.15) is 0 Å². The highest BCUT2D eigenvalue weighted by Crippen LogP contribution is 2.09. The van der Waals surface area contributed by atoms with Crippen LogP contribution in [0.25, 0.3) is 0 Å². The molecule has 1 heterocycles. The first-order valence-electron chi connectivity index (χ1n) is 5.78. The molecule has 1 aromatic carbocycles. The minimum Gasteiger partial charge on any atom is -0.346 e. The van der Waals surface area contributed by atoms with E-state index in [-0.39, 0.29) is 22.9 Å². The molecular weight excluding hydrogens is 278 g/mol. The highest BCUT2D eigenvalue weighted by molar-refractivity contribution is 7.89. The molecule has 0 saturated heterocycles. The van der Waals surface area contributed by atoms with Crippen LogP contribution in [0.4, 0.5) is 0 Å². The quantitative estimate of drug-likeness (QED) is 0.863. The fourth-order valence-electron chi connectivity index (χ4n) is 1.59. The molecule has 6 nitrogen and oxygen atoms in total. The molecule has 0 aliphatic heterocycles. The Hall–Kier alpha value is -2.25. The normalized spacial score (nSPS) is 11.1. The Morgan fingerprint density at radius 2 is 2.00 bits per heavy atom. The number of primary sulfonamides is 1. The summed E-state index contributed by atoms with van der Waals surface area (Å²) in [7, 11) is -3.82. The van der Waals surface area contributed by atoms with Gasteiger partial charge in [-0.1, -0.05) is 12.1 Å². The summed E-state index contributed by atoms with van der Waals surface area (Å²) in [6.07, 6.45) is 1.63. The van der Waals surface area contributed by atoms with Crippen molar-refractivity contribution in [2.75, 3.05) is 0 Å². The lowest BCUT2D eigenvalue weighted by Gasteiger charge is -2.06. The maximum atomic E-state index is 11.9. The van der Waals surface area contributed by atoms with E-state index in [1.807, 2.05) is 6.07 Å². The van der Waals surface area contributed by atoms with Crippen molar-refractivity contribution in [1.82, 2.24) is 10.3 Å². The zero-order valence-electron chi connectivity index (χ0n) is 10.5. The lowest BCUT2D eigenvalue weighted by molar-refractivity contribution is 0.0950. The summed E-state index contributed by atoms with van der Waals surface area (Å²) >= 11 is 0. The molecule has 0 radical (unpaired) electrons. The first-order valence-corrected chi connectivity index (χ1v) is 7.32. The smallest absolute Gasteiger partial charge is 0.251 e. The summed E-state index contributed by atoms with van der Waals surface area (Å²) in [6.45, 7) is 0.263. The van der Waals surface area contributed by atoms with Crippen molar-refractivity contribution in [2.45, 2.75) is 11.4 Å². The fraction of sp³-hybridized carbons (Fsp3) is 0.0769. The van der Waals surface area contributed by atoms with Crippen LogP contribution in [0, 0.1) is 0 Å². The van der Waals surface area contributed by atoms with Crippen LogP contribution in [-0.4, -0.2) is 19.3 Å². The van der Waals surface area contributed by atoms with E-state index in [9.17, 15) is 13.2 Å². The van der Waals surface area contributed by atoms with Crippen LogP contribution < -0.4 is 10.5 Å². The van der Waals surface area contributed by atoms with Crippen molar-refractivity contribution in [3.05, 3.63) is 59.9 Å². The van der Waals surface area contributed by atoms with E-state index in [0.29, 0.717) is 5.69 Å². The summed E-state index contributed by atoms with van der Waals surface area (Å²) in [5, 5.41) is 7.68. The van der Waals surface area contributed by atoms with Crippen molar-refractivity contribution in [2.24, 2.45) is 5.14 Å². The Bertz CT molecular complexity index is 715. The van der Waals surface area contributed by atoms with E-state index in [1.54, 1.807) is 18.3 Å². The van der Waals surface area contributed by atoms with Crippen LogP contribution in [-0.2, 0) is 16.6 Å². The Balaban J connectivity index is 2.10. The van der Waals surface area contributed by atoms with Gasteiger partial charge in [0.1, 0.15) is 0 Å². The number of aromatic nitrogens is 1. The van der Waals surface area contributed by atoms with Gasteiger partial charge in [-0.3, -0.25) is 9.78 Å². The van der Waals surface area contributed by atoms with E-state index in [1.165, 1.54) is 24.3 Å². The van der Waals surface area contributed by atoms with Crippen molar-refractivity contribution in [1.29, 1.82) is 0 Å². The molecule has 0 aliphatic carbocycles. The third kappa shape index (κ3) is 3.62. The van der Waals surface area contributed by atoms with E-state index >= 15 is 0 Å². The molecule has 104 valence electrons. The Morgan fingerprint density at radius 1 is 1.20 bits per heavy atom. The molecule has 1 aromatic heterocycles. The van der Waals surface area contributed by atoms with Crippen LogP contribution in [0.2, 0.25) is 0 Å². The monoisotopic (exact) mass is 291 g/mol. The van der Waals surface area contributed by atoms with Gasteiger partial charge in [-0.15, -0.1) is 0 Å². The summed E-state index contributed by atoms with van der Waals surface area (Å²) in [6, 6.07) is 10.9. The lowest BCUT2D eigenvalue weighted by Crippen LogP contribution is -2.23. The molecule has 7 heteroatoms. The number of nitrogens with two attached hydrogens (primary N) is 1. The second kappa shape index (κ2) is 5.81. The van der Waals surface area contributed by atoms with Crippen LogP contribution in [0.1, 0.15) is 16.1 Å². The van der Waals surface area contributed by atoms with Crippen molar-refractivity contribution < 1.29 is 13.2 Å². The minimum absolute atomic E-state index is 0.0945. The number of carbonyl (C=O) groups is 1. The maximum Gasteiger partial charge on any atom is 0.251 e. The second-order valence-electron chi connectivity index (χ2n) is 4.08. The summed E-state index contributed by atoms with van der Waals surface area (Å²) in [5.74, 6) is -0.388. The predicted octanol–water partition coefficient (Wildman–Crippen LogP) is 0.659. The molecular formula is C13H13N3O3S. The van der Waals surface area contributed by atoms with Crippen molar-refractivity contribution in [3.8, 4) is 0 Å². The SMILES string of the molecule is NS(=O)(=O)c1cccc(C(=O)NCc2ccccn2)c1. The average molecular weight is 291 g/mol. The Labute approximate surface area is 116 Å². The van der Waals surface area contributed by atoms with Gasteiger partial charge in [0.15, 0.2) is 0 Å². The molecule has 0 aliphatic rings. The third-order valence-electron chi connectivity index (χ3n) is 2.58. The molecule has 0 unspecified atom stereocenters. The summed E-state index contributed by atoms with van der Waals surface area (Å²) < 4.78 is 22.4. The van der Waals surface area contributed by atoms with Gasteiger partial charge in [0.05, 0.1) is 17.1 Å². The number of pyridine rings is 1. The van der Waals surface area contributed by atoms with Gasteiger partial charge in [0.2, 0.25) is 10.0 Å². The van der Waals surface area contributed by atoms with Crippen molar-refractivity contribution in [3.63, 3.8) is 0 Å². The number of carbonyl (C=O) groups excluding carboxylic acids is 1. The topological polar surface area (TPSA) is 102 Å². The number of sulfonamides is 1. The van der Waals surface area contributed by atoms with E-state index in [2.05, 4.69) is 10.3 Å². The molecule has 2 rings (SSSR count). The first kappa shape index (κ1) is 14.2. The van der Waals surface area contributed by atoms with Crippen LogP contribution >= 0.6 is 0 Å². The van der Waals surface area contributed by atoms with Crippen molar-refractivity contribution >= 4 is 15.9 Å². The number of amides is 1. The van der Waals surface area contributed by atoms with Gasteiger partial charge >= 0.3 is 0 Å². The predicted molar refractivity (Wildman–Crippen MR) is 73.2 cm³/mol. The number of nitrogens with zero attached hydrogens (tertiary/aromatic N) is 1. The zero-order chi connectivity index (χ0) is 14.6.